The van der Waals surface area contributed by atoms with Crippen LogP contribution in [-0.2, 0) is 4.74 Å². The van der Waals surface area contributed by atoms with E-state index >= 15 is 0 Å². The van der Waals surface area contributed by atoms with Gasteiger partial charge >= 0.3 is 6.18 Å². The van der Waals surface area contributed by atoms with Crippen LogP contribution >= 0.6 is 15.9 Å². The van der Waals surface area contributed by atoms with E-state index in [0.717, 1.165) is 20.1 Å². The molecule has 1 N–H and O–H groups in total. The summed E-state index contributed by atoms with van der Waals surface area (Å²) in [6.45, 7) is 3.80. The van der Waals surface area contributed by atoms with E-state index in [4.69, 9.17) is 9.47 Å². The van der Waals surface area contributed by atoms with Crippen molar-refractivity contribution in [3.63, 3.8) is 0 Å². The maximum Gasteiger partial charge on any atom is 0.417 e. The van der Waals surface area contributed by atoms with Gasteiger partial charge in [0, 0.05) is 29.2 Å². The largest absolute Gasteiger partial charge is 0.493 e. The number of halogens is 6. The van der Waals surface area contributed by atoms with Gasteiger partial charge in [-0.3, -0.25) is 4.79 Å². The van der Waals surface area contributed by atoms with Crippen LogP contribution in [0.15, 0.2) is 27.5 Å². The number of aromatic nitrogens is 1. The molecule has 0 saturated carbocycles. The van der Waals surface area contributed by atoms with Crippen molar-refractivity contribution >= 4 is 15.9 Å². The second-order valence-corrected chi connectivity index (χ2v) is 8.28. The number of alkyl halides is 3. The van der Waals surface area contributed by atoms with Gasteiger partial charge in [-0.15, -0.1) is 0 Å². The van der Waals surface area contributed by atoms with Gasteiger partial charge in [0.25, 0.3) is 0 Å². The SMILES string of the molecule is COc1c([C@H]2[C@H](c3[nH]c(C)cc(=O)c3Br)O[C@@](C)(C(F)(F)F)[C@H]2C)ccc(F)c1F. The highest BCUT2D eigenvalue weighted by molar-refractivity contribution is 9.10. The van der Waals surface area contributed by atoms with Crippen LogP contribution in [0.2, 0.25) is 0 Å². The molecule has 10 heteroatoms. The van der Waals surface area contributed by atoms with Crippen molar-refractivity contribution in [2.75, 3.05) is 7.11 Å². The lowest BCUT2D eigenvalue weighted by atomic mass is 9.76. The van der Waals surface area contributed by atoms with Crippen molar-refractivity contribution in [2.24, 2.45) is 5.92 Å². The number of H-pyrrole nitrogens is 1. The zero-order valence-corrected chi connectivity index (χ0v) is 18.0. The van der Waals surface area contributed by atoms with Gasteiger partial charge in [0.05, 0.1) is 17.3 Å². The van der Waals surface area contributed by atoms with E-state index in [1.165, 1.54) is 19.1 Å². The van der Waals surface area contributed by atoms with E-state index in [9.17, 15) is 26.7 Å². The highest BCUT2D eigenvalue weighted by Gasteiger charge is 2.65. The molecule has 0 radical (unpaired) electrons. The molecule has 1 aromatic carbocycles. The summed E-state index contributed by atoms with van der Waals surface area (Å²) in [6.07, 6.45) is -6.07. The van der Waals surface area contributed by atoms with Crippen molar-refractivity contribution in [1.82, 2.24) is 4.98 Å². The monoisotopic (exact) mass is 495 g/mol. The van der Waals surface area contributed by atoms with E-state index in [0.29, 0.717) is 5.69 Å². The number of ether oxygens (including phenoxy) is 2. The molecule has 0 spiro atoms. The number of hydrogen-bond acceptors (Lipinski definition) is 3. The van der Waals surface area contributed by atoms with E-state index in [-0.39, 0.29) is 15.7 Å². The first-order chi connectivity index (χ1) is 13.8. The number of pyridine rings is 1. The highest BCUT2D eigenvalue weighted by Crippen LogP contribution is 2.59. The molecular weight excluding hydrogens is 477 g/mol. The summed E-state index contributed by atoms with van der Waals surface area (Å²) in [6, 6.07) is 3.29. The number of rotatable bonds is 3. The number of methoxy groups -OCH3 is 1. The number of hydrogen-bond donors (Lipinski definition) is 1. The van der Waals surface area contributed by atoms with Crippen LogP contribution in [0.25, 0.3) is 0 Å². The Morgan fingerprint density at radius 2 is 1.90 bits per heavy atom. The third-order valence-corrected chi connectivity index (χ3v) is 6.55. The molecule has 4 nitrogen and oxygen atoms in total. The fourth-order valence-corrected chi connectivity index (χ4v) is 4.39. The van der Waals surface area contributed by atoms with Gasteiger partial charge in [-0.1, -0.05) is 13.0 Å². The third-order valence-electron chi connectivity index (χ3n) is 5.73. The molecule has 1 aliphatic heterocycles. The maximum atomic E-state index is 14.4. The molecule has 4 atom stereocenters. The average Bonchev–Trinajstić information content (AvgIpc) is 2.92. The predicted molar refractivity (Wildman–Crippen MR) is 103 cm³/mol. The normalized spacial score (nSPS) is 26.8. The number of aryl methyl sites for hydroxylation is 1. The Balaban J connectivity index is 2.30. The number of aromatic amines is 1. The minimum Gasteiger partial charge on any atom is -0.493 e. The van der Waals surface area contributed by atoms with E-state index in [2.05, 4.69) is 20.9 Å². The fourth-order valence-electron chi connectivity index (χ4n) is 3.95. The van der Waals surface area contributed by atoms with Crippen LogP contribution in [0, 0.1) is 24.5 Å². The Labute approximate surface area is 177 Å². The first-order valence-corrected chi connectivity index (χ1v) is 9.78. The highest BCUT2D eigenvalue weighted by atomic mass is 79.9. The topological polar surface area (TPSA) is 51.3 Å². The van der Waals surface area contributed by atoms with Gasteiger partial charge < -0.3 is 14.5 Å². The maximum absolute atomic E-state index is 14.4. The first-order valence-electron chi connectivity index (χ1n) is 8.99. The van der Waals surface area contributed by atoms with Crippen molar-refractivity contribution in [3.05, 3.63) is 61.5 Å². The Bertz CT molecular complexity index is 1040. The zero-order valence-electron chi connectivity index (χ0n) is 16.5. The summed E-state index contributed by atoms with van der Waals surface area (Å²) in [7, 11) is 1.10. The average molecular weight is 496 g/mol. The molecule has 0 amide bonds. The molecule has 0 bridgehead atoms. The molecule has 1 fully saturated rings. The minimum absolute atomic E-state index is 0.00303. The third kappa shape index (κ3) is 3.43. The van der Waals surface area contributed by atoms with E-state index in [1.54, 1.807) is 6.92 Å². The Morgan fingerprint density at radius 1 is 1.27 bits per heavy atom. The van der Waals surface area contributed by atoms with Crippen molar-refractivity contribution < 1.29 is 31.4 Å². The smallest absolute Gasteiger partial charge is 0.417 e. The summed E-state index contributed by atoms with van der Waals surface area (Å²) in [5.74, 6) is -5.33. The zero-order chi connectivity index (χ0) is 22.6. The number of nitrogens with one attached hydrogen (secondary N) is 1. The van der Waals surface area contributed by atoms with Gasteiger partial charge in [0.1, 0.15) is 6.10 Å². The lowest BCUT2D eigenvalue weighted by Crippen LogP contribution is -2.46. The summed E-state index contributed by atoms with van der Waals surface area (Å²) in [4.78, 5) is 15.1. The van der Waals surface area contributed by atoms with Gasteiger partial charge in [0.2, 0.25) is 5.82 Å². The molecule has 3 rings (SSSR count). The first kappa shape index (κ1) is 22.7. The van der Waals surface area contributed by atoms with Crippen molar-refractivity contribution in [3.8, 4) is 5.75 Å². The van der Waals surface area contributed by atoms with Crippen LogP contribution in [-0.4, -0.2) is 23.9 Å². The van der Waals surface area contributed by atoms with Gasteiger partial charge in [-0.25, -0.2) is 4.39 Å². The standard InChI is InChI=1S/C20H19BrF5NO3/c1-8-7-12(28)14(21)16(27-8)18-13(9(2)19(3,30-18)20(24,25)26)10-5-6-11(22)15(23)17(10)29-4/h5-7,9,13,18H,1-4H3,(H,27,28)/t9-,13-,18+,19+/m0/s1. The van der Waals surface area contributed by atoms with Crippen LogP contribution in [0.4, 0.5) is 22.0 Å². The molecule has 164 valence electrons. The lowest BCUT2D eigenvalue weighted by Gasteiger charge is -2.32. The molecule has 1 saturated heterocycles. The lowest BCUT2D eigenvalue weighted by molar-refractivity contribution is -0.275. The summed E-state index contributed by atoms with van der Waals surface area (Å²) < 4.78 is 80.6. The second kappa shape index (κ2) is 7.64. The molecule has 1 aliphatic rings. The Kier molecular flexibility index (Phi) is 5.79. The molecule has 2 heterocycles. The van der Waals surface area contributed by atoms with Gasteiger partial charge in [-0.05, 0) is 35.8 Å². The van der Waals surface area contributed by atoms with E-state index < -0.39 is 52.5 Å². The molecule has 0 aliphatic carbocycles. The second-order valence-electron chi connectivity index (χ2n) is 7.49. The summed E-state index contributed by atoms with van der Waals surface area (Å²) in [5, 5.41) is 0. The minimum atomic E-state index is -4.76. The molecule has 2 aromatic rings. The Hall–Kier alpha value is -1.94. The van der Waals surface area contributed by atoms with Gasteiger partial charge in [-0.2, -0.15) is 17.6 Å². The van der Waals surface area contributed by atoms with E-state index in [1.807, 2.05) is 0 Å². The van der Waals surface area contributed by atoms with Crippen molar-refractivity contribution in [1.29, 1.82) is 0 Å². The molecule has 0 unspecified atom stereocenters. The predicted octanol–water partition coefficient (Wildman–Crippen LogP) is 5.54. The fraction of sp³-hybridized carbons (Fsp3) is 0.450. The van der Waals surface area contributed by atoms with Crippen LogP contribution in [0.1, 0.15) is 42.8 Å². The van der Waals surface area contributed by atoms with Crippen LogP contribution in [0.5, 0.6) is 5.75 Å². The van der Waals surface area contributed by atoms with Crippen molar-refractivity contribution in [2.45, 2.75) is 44.6 Å². The number of benzene rings is 1. The van der Waals surface area contributed by atoms with Gasteiger partial charge in [0.15, 0.2) is 22.6 Å². The molecule has 30 heavy (non-hydrogen) atoms. The summed E-state index contributed by atoms with van der Waals surface area (Å²) >= 11 is 3.12. The van der Waals surface area contributed by atoms with Crippen LogP contribution in [0.3, 0.4) is 0 Å². The Morgan fingerprint density at radius 3 is 2.47 bits per heavy atom. The molecule has 1 aromatic heterocycles. The van der Waals surface area contributed by atoms with Crippen LogP contribution < -0.4 is 10.2 Å². The summed E-state index contributed by atoms with van der Waals surface area (Å²) in [5.41, 5.74) is -2.56. The quantitative estimate of drug-likeness (QED) is 0.568. The molecular formula is C20H19BrF5NO3.